The summed E-state index contributed by atoms with van der Waals surface area (Å²) in [6, 6.07) is 10.4. The van der Waals surface area contributed by atoms with Crippen molar-refractivity contribution in [2.45, 2.75) is 6.54 Å². The lowest BCUT2D eigenvalue weighted by molar-refractivity contribution is -0.684. The van der Waals surface area contributed by atoms with Crippen molar-refractivity contribution in [3.63, 3.8) is 0 Å². The standard InChI is InChI=1S/C14H11BrFN3O/c15-12-6-4-5-11(14(12)16)9-17-18-13(20)10-19-7-2-1-3-8-19/h1-9H,10H2/p+1/b17-9-. The lowest BCUT2D eigenvalue weighted by atomic mass is 10.2. The highest BCUT2D eigenvalue weighted by molar-refractivity contribution is 9.10. The second kappa shape index (κ2) is 6.91. The minimum absolute atomic E-state index is 0.152. The van der Waals surface area contributed by atoms with Gasteiger partial charge >= 0.3 is 5.91 Å². The van der Waals surface area contributed by atoms with Crippen LogP contribution in [0, 0.1) is 5.82 Å². The summed E-state index contributed by atoms with van der Waals surface area (Å²) in [5.74, 6) is -0.698. The molecule has 0 atom stereocenters. The summed E-state index contributed by atoms with van der Waals surface area (Å²) in [5.41, 5.74) is 2.65. The Morgan fingerprint density at radius 1 is 1.30 bits per heavy atom. The Labute approximate surface area is 124 Å². The van der Waals surface area contributed by atoms with Gasteiger partial charge in [-0.2, -0.15) is 9.67 Å². The Hall–Kier alpha value is -2.08. The second-order valence-electron chi connectivity index (χ2n) is 3.98. The van der Waals surface area contributed by atoms with E-state index in [1.165, 1.54) is 6.21 Å². The number of amides is 1. The van der Waals surface area contributed by atoms with Gasteiger partial charge in [-0.25, -0.2) is 9.82 Å². The summed E-state index contributed by atoms with van der Waals surface area (Å²) in [7, 11) is 0. The molecule has 6 heteroatoms. The first kappa shape index (κ1) is 14.3. The lowest BCUT2D eigenvalue weighted by Gasteiger charge is -1.99. The van der Waals surface area contributed by atoms with Gasteiger partial charge in [-0.1, -0.05) is 18.2 Å². The van der Waals surface area contributed by atoms with Crippen LogP contribution >= 0.6 is 15.9 Å². The van der Waals surface area contributed by atoms with E-state index in [0.717, 1.165) is 0 Å². The van der Waals surface area contributed by atoms with E-state index < -0.39 is 5.82 Å². The van der Waals surface area contributed by atoms with Crippen molar-refractivity contribution in [2.75, 3.05) is 0 Å². The van der Waals surface area contributed by atoms with E-state index in [1.807, 2.05) is 18.2 Å². The predicted octanol–water partition coefficient (Wildman–Crippen LogP) is 2.03. The first-order valence-corrected chi connectivity index (χ1v) is 6.66. The van der Waals surface area contributed by atoms with Gasteiger partial charge in [-0.05, 0) is 22.0 Å². The third kappa shape index (κ3) is 3.96. The molecular weight excluding hydrogens is 325 g/mol. The molecule has 0 aliphatic heterocycles. The summed E-state index contributed by atoms with van der Waals surface area (Å²) in [6.45, 7) is 0.152. The summed E-state index contributed by atoms with van der Waals surface area (Å²) in [5, 5.41) is 3.74. The van der Waals surface area contributed by atoms with Crippen LogP contribution < -0.4 is 9.99 Å². The van der Waals surface area contributed by atoms with Crippen LogP contribution in [-0.4, -0.2) is 12.1 Å². The van der Waals surface area contributed by atoms with E-state index in [-0.39, 0.29) is 12.5 Å². The molecule has 0 aliphatic rings. The molecule has 0 bridgehead atoms. The molecule has 1 N–H and O–H groups in total. The van der Waals surface area contributed by atoms with Crippen LogP contribution in [0.15, 0.2) is 58.4 Å². The molecule has 0 saturated carbocycles. The van der Waals surface area contributed by atoms with Gasteiger partial charge < -0.3 is 0 Å². The molecule has 1 amide bonds. The summed E-state index contributed by atoms with van der Waals surface area (Å²) < 4.78 is 15.7. The molecule has 0 radical (unpaired) electrons. The van der Waals surface area contributed by atoms with Crippen LogP contribution in [0.25, 0.3) is 0 Å². The molecule has 0 aliphatic carbocycles. The van der Waals surface area contributed by atoms with Crippen LogP contribution in [0.4, 0.5) is 4.39 Å². The molecule has 0 unspecified atom stereocenters. The average molecular weight is 337 g/mol. The van der Waals surface area contributed by atoms with Gasteiger partial charge in [0.25, 0.3) is 0 Å². The van der Waals surface area contributed by atoms with Crippen molar-refractivity contribution in [1.82, 2.24) is 5.43 Å². The zero-order chi connectivity index (χ0) is 14.4. The molecule has 1 aromatic heterocycles. The highest BCUT2D eigenvalue weighted by Crippen LogP contribution is 2.16. The van der Waals surface area contributed by atoms with Crippen LogP contribution in [-0.2, 0) is 11.3 Å². The average Bonchev–Trinajstić information content (AvgIpc) is 2.44. The molecule has 2 rings (SSSR count). The quantitative estimate of drug-likeness (QED) is 0.518. The minimum atomic E-state index is -0.414. The number of hydrazone groups is 1. The number of hydrogen-bond acceptors (Lipinski definition) is 2. The Balaban J connectivity index is 1.93. The largest absolute Gasteiger partial charge is 0.305 e. The lowest BCUT2D eigenvalue weighted by Crippen LogP contribution is -2.40. The first-order valence-electron chi connectivity index (χ1n) is 5.87. The van der Waals surface area contributed by atoms with Gasteiger partial charge in [-0.15, -0.1) is 0 Å². The molecule has 1 heterocycles. The molecule has 4 nitrogen and oxygen atoms in total. The summed E-state index contributed by atoms with van der Waals surface area (Å²) in [4.78, 5) is 11.6. The number of nitrogens with one attached hydrogen (secondary N) is 1. The normalized spacial score (nSPS) is 10.7. The molecule has 0 fully saturated rings. The zero-order valence-electron chi connectivity index (χ0n) is 10.5. The number of rotatable bonds is 4. The number of aromatic nitrogens is 1. The van der Waals surface area contributed by atoms with Crippen molar-refractivity contribution in [1.29, 1.82) is 0 Å². The van der Waals surface area contributed by atoms with Crippen molar-refractivity contribution >= 4 is 28.1 Å². The van der Waals surface area contributed by atoms with E-state index >= 15 is 0 Å². The molecule has 0 spiro atoms. The number of pyridine rings is 1. The second-order valence-corrected chi connectivity index (χ2v) is 4.84. The number of hydrogen-bond donors (Lipinski definition) is 1. The number of nitrogens with zero attached hydrogens (tertiary/aromatic N) is 2. The van der Waals surface area contributed by atoms with E-state index in [0.29, 0.717) is 10.0 Å². The van der Waals surface area contributed by atoms with Crippen molar-refractivity contribution in [2.24, 2.45) is 5.10 Å². The smallest absolute Gasteiger partial charge is 0.266 e. The van der Waals surface area contributed by atoms with Gasteiger partial charge in [0.1, 0.15) is 5.82 Å². The van der Waals surface area contributed by atoms with Crippen molar-refractivity contribution in [3.8, 4) is 0 Å². The van der Waals surface area contributed by atoms with Gasteiger partial charge in [0.15, 0.2) is 12.4 Å². The summed E-state index contributed by atoms with van der Waals surface area (Å²) in [6.07, 6.45) is 4.82. The van der Waals surface area contributed by atoms with Crippen LogP contribution in [0.3, 0.4) is 0 Å². The van der Waals surface area contributed by atoms with E-state index in [9.17, 15) is 9.18 Å². The van der Waals surface area contributed by atoms with Gasteiger partial charge in [-0.3, -0.25) is 4.79 Å². The Kier molecular flexibility index (Phi) is 4.95. The number of halogens is 2. The molecule has 20 heavy (non-hydrogen) atoms. The summed E-state index contributed by atoms with van der Waals surface area (Å²) >= 11 is 3.08. The first-order chi connectivity index (χ1) is 9.66. The van der Waals surface area contributed by atoms with E-state index in [1.54, 1.807) is 35.2 Å². The third-order valence-corrected chi connectivity index (χ3v) is 3.09. The maximum atomic E-state index is 13.6. The van der Waals surface area contributed by atoms with Crippen molar-refractivity contribution < 1.29 is 13.8 Å². The highest BCUT2D eigenvalue weighted by Gasteiger charge is 2.07. The number of carbonyl (C=O) groups excluding carboxylic acids is 1. The van der Waals surface area contributed by atoms with Gasteiger partial charge in [0.05, 0.1) is 10.7 Å². The van der Waals surface area contributed by atoms with Crippen LogP contribution in [0.5, 0.6) is 0 Å². The predicted molar refractivity (Wildman–Crippen MR) is 76.5 cm³/mol. The molecule has 102 valence electrons. The SMILES string of the molecule is O=C(C[n+]1ccccc1)N/N=C\c1cccc(Br)c1F. The third-order valence-electron chi connectivity index (χ3n) is 2.48. The fourth-order valence-corrected chi connectivity index (χ4v) is 1.92. The fraction of sp³-hybridized carbons (Fsp3) is 0.0714. The number of carbonyl (C=O) groups is 1. The fourth-order valence-electron chi connectivity index (χ4n) is 1.53. The van der Waals surface area contributed by atoms with E-state index in [2.05, 4.69) is 26.5 Å². The van der Waals surface area contributed by atoms with Gasteiger partial charge in [0.2, 0.25) is 6.54 Å². The minimum Gasteiger partial charge on any atom is -0.266 e. The Morgan fingerprint density at radius 3 is 2.80 bits per heavy atom. The van der Waals surface area contributed by atoms with E-state index in [4.69, 9.17) is 0 Å². The molecule has 1 aromatic carbocycles. The Bertz CT molecular complexity index is 632. The monoisotopic (exact) mass is 336 g/mol. The highest BCUT2D eigenvalue weighted by atomic mass is 79.9. The maximum Gasteiger partial charge on any atom is 0.305 e. The van der Waals surface area contributed by atoms with Crippen molar-refractivity contribution in [3.05, 3.63) is 64.6 Å². The molecule has 0 saturated heterocycles. The molecular formula is C14H12BrFN3O+. The number of benzene rings is 1. The van der Waals surface area contributed by atoms with Crippen LogP contribution in [0.2, 0.25) is 0 Å². The molecule has 2 aromatic rings. The Morgan fingerprint density at radius 2 is 2.05 bits per heavy atom. The van der Waals surface area contributed by atoms with Crippen LogP contribution in [0.1, 0.15) is 5.56 Å². The topological polar surface area (TPSA) is 45.3 Å². The van der Waals surface area contributed by atoms with Gasteiger partial charge in [0, 0.05) is 17.7 Å². The maximum absolute atomic E-state index is 13.6. The zero-order valence-corrected chi connectivity index (χ0v) is 12.0.